The molecule has 0 spiro atoms. The number of carbonyl (C=O) groups excluding carboxylic acids is 2. The summed E-state index contributed by atoms with van der Waals surface area (Å²) in [6, 6.07) is 7.49. The fraction of sp³-hybridized carbons (Fsp3) is 0.500. The van der Waals surface area contributed by atoms with Crippen LogP contribution in [0.5, 0.6) is 0 Å². The molecule has 20 heavy (non-hydrogen) atoms. The lowest BCUT2D eigenvalue weighted by molar-refractivity contribution is -0.131. The SMILES string of the molecule is CCCc1ccccc1N1CC(=O)NC(CCC)C1=O. The second-order valence-corrected chi connectivity index (χ2v) is 5.21. The van der Waals surface area contributed by atoms with Gasteiger partial charge in [0.25, 0.3) is 0 Å². The van der Waals surface area contributed by atoms with Gasteiger partial charge in [0.15, 0.2) is 0 Å². The van der Waals surface area contributed by atoms with E-state index in [2.05, 4.69) is 12.2 Å². The summed E-state index contributed by atoms with van der Waals surface area (Å²) in [7, 11) is 0. The third-order valence-electron chi connectivity index (χ3n) is 3.58. The minimum absolute atomic E-state index is 0.00926. The van der Waals surface area contributed by atoms with Gasteiger partial charge in [0, 0.05) is 5.69 Å². The van der Waals surface area contributed by atoms with Gasteiger partial charge in [0.1, 0.15) is 12.6 Å². The molecule has 2 amide bonds. The number of carbonyl (C=O) groups is 2. The van der Waals surface area contributed by atoms with E-state index < -0.39 is 0 Å². The van der Waals surface area contributed by atoms with Gasteiger partial charge in [-0.3, -0.25) is 9.59 Å². The van der Waals surface area contributed by atoms with Crippen LogP contribution in [0.15, 0.2) is 24.3 Å². The Kier molecular flexibility index (Phi) is 4.77. The van der Waals surface area contributed by atoms with Crippen molar-refractivity contribution in [3.05, 3.63) is 29.8 Å². The topological polar surface area (TPSA) is 49.4 Å². The summed E-state index contributed by atoms with van der Waals surface area (Å²) < 4.78 is 0. The Morgan fingerprint density at radius 2 is 1.95 bits per heavy atom. The molecule has 1 aromatic rings. The van der Waals surface area contributed by atoms with E-state index in [1.807, 2.05) is 31.2 Å². The molecule has 4 nitrogen and oxygen atoms in total. The highest BCUT2D eigenvalue weighted by Crippen LogP contribution is 2.24. The molecule has 1 heterocycles. The second kappa shape index (κ2) is 6.55. The van der Waals surface area contributed by atoms with Crippen molar-refractivity contribution in [2.24, 2.45) is 0 Å². The quantitative estimate of drug-likeness (QED) is 0.895. The largest absolute Gasteiger partial charge is 0.343 e. The monoisotopic (exact) mass is 274 g/mol. The number of piperazine rings is 1. The second-order valence-electron chi connectivity index (χ2n) is 5.21. The number of amides is 2. The zero-order chi connectivity index (χ0) is 14.5. The number of para-hydroxylation sites is 1. The molecule has 1 atom stereocenters. The van der Waals surface area contributed by atoms with E-state index in [1.54, 1.807) is 4.90 Å². The number of hydrogen-bond donors (Lipinski definition) is 1. The molecule has 1 aliphatic rings. The van der Waals surface area contributed by atoms with E-state index >= 15 is 0 Å². The summed E-state index contributed by atoms with van der Waals surface area (Å²) in [6.07, 6.45) is 3.50. The molecule has 4 heteroatoms. The highest BCUT2D eigenvalue weighted by molar-refractivity contribution is 6.06. The molecular weight excluding hydrogens is 252 g/mol. The number of rotatable bonds is 5. The molecule has 1 N–H and O–H groups in total. The van der Waals surface area contributed by atoms with Gasteiger partial charge in [-0.1, -0.05) is 44.9 Å². The Balaban J connectivity index is 2.30. The highest BCUT2D eigenvalue weighted by Gasteiger charge is 2.33. The highest BCUT2D eigenvalue weighted by atomic mass is 16.2. The van der Waals surface area contributed by atoms with Crippen molar-refractivity contribution in [2.75, 3.05) is 11.4 Å². The third kappa shape index (κ3) is 3.00. The van der Waals surface area contributed by atoms with Gasteiger partial charge in [-0.15, -0.1) is 0 Å². The number of aryl methyl sites for hydroxylation is 1. The summed E-state index contributed by atoms with van der Waals surface area (Å²) in [6.45, 7) is 4.25. The van der Waals surface area contributed by atoms with Crippen molar-refractivity contribution in [3.8, 4) is 0 Å². The van der Waals surface area contributed by atoms with Crippen LogP contribution >= 0.6 is 0 Å². The molecule has 1 aromatic carbocycles. The Morgan fingerprint density at radius 1 is 1.20 bits per heavy atom. The van der Waals surface area contributed by atoms with Crippen LogP contribution in [0.3, 0.4) is 0 Å². The van der Waals surface area contributed by atoms with E-state index in [-0.39, 0.29) is 24.4 Å². The standard InChI is InChI=1S/C16H22N2O2/c1-3-7-12-9-5-6-10-14(12)18-11-15(19)17-13(8-4-2)16(18)20/h5-6,9-10,13H,3-4,7-8,11H2,1-2H3,(H,17,19). The van der Waals surface area contributed by atoms with E-state index in [1.165, 1.54) is 0 Å². The van der Waals surface area contributed by atoms with E-state index in [0.29, 0.717) is 6.42 Å². The summed E-state index contributed by atoms with van der Waals surface area (Å²) in [5, 5.41) is 2.79. The summed E-state index contributed by atoms with van der Waals surface area (Å²) in [4.78, 5) is 26.0. The molecule has 0 radical (unpaired) electrons. The summed E-state index contributed by atoms with van der Waals surface area (Å²) in [5.41, 5.74) is 2.02. The maximum Gasteiger partial charge on any atom is 0.250 e. The van der Waals surface area contributed by atoms with Crippen LogP contribution in [-0.4, -0.2) is 24.4 Å². The smallest absolute Gasteiger partial charge is 0.250 e. The van der Waals surface area contributed by atoms with Crippen LogP contribution < -0.4 is 10.2 Å². The summed E-state index contributed by atoms with van der Waals surface area (Å²) >= 11 is 0. The zero-order valence-electron chi connectivity index (χ0n) is 12.2. The molecule has 0 bridgehead atoms. The molecule has 0 aromatic heterocycles. The van der Waals surface area contributed by atoms with Crippen LogP contribution in [0.1, 0.15) is 38.7 Å². The Hall–Kier alpha value is -1.84. The van der Waals surface area contributed by atoms with Gasteiger partial charge in [-0.25, -0.2) is 0 Å². The Morgan fingerprint density at radius 3 is 2.65 bits per heavy atom. The lowest BCUT2D eigenvalue weighted by atomic mass is 10.0. The molecule has 1 saturated heterocycles. The maximum absolute atomic E-state index is 12.5. The van der Waals surface area contributed by atoms with Crippen molar-refractivity contribution in [1.29, 1.82) is 0 Å². The first-order chi connectivity index (χ1) is 9.67. The average molecular weight is 274 g/mol. The number of benzene rings is 1. The first kappa shape index (κ1) is 14.6. The van der Waals surface area contributed by atoms with E-state index in [9.17, 15) is 9.59 Å². The normalized spacial score (nSPS) is 19.1. The van der Waals surface area contributed by atoms with Crippen molar-refractivity contribution < 1.29 is 9.59 Å². The number of nitrogens with one attached hydrogen (secondary N) is 1. The van der Waals surface area contributed by atoms with Gasteiger partial charge in [0.2, 0.25) is 11.8 Å². The predicted octanol–water partition coefficient (Wildman–Crippen LogP) is 2.27. The number of nitrogens with zero attached hydrogens (tertiary/aromatic N) is 1. The summed E-state index contributed by atoms with van der Waals surface area (Å²) in [5.74, 6) is -0.0654. The Bertz CT molecular complexity index is 499. The van der Waals surface area contributed by atoms with Crippen LogP contribution in [0.4, 0.5) is 5.69 Å². The van der Waals surface area contributed by atoms with Crippen molar-refractivity contribution >= 4 is 17.5 Å². The lowest BCUT2D eigenvalue weighted by Gasteiger charge is -2.33. The van der Waals surface area contributed by atoms with Crippen molar-refractivity contribution in [2.45, 2.75) is 45.6 Å². The fourth-order valence-electron chi connectivity index (χ4n) is 2.65. The van der Waals surface area contributed by atoms with Crippen LogP contribution in [0.2, 0.25) is 0 Å². The maximum atomic E-state index is 12.5. The van der Waals surface area contributed by atoms with Gasteiger partial charge < -0.3 is 10.2 Å². The lowest BCUT2D eigenvalue weighted by Crippen LogP contribution is -2.58. The molecular formula is C16H22N2O2. The molecule has 2 rings (SSSR count). The van der Waals surface area contributed by atoms with Crippen molar-refractivity contribution in [1.82, 2.24) is 5.32 Å². The number of hydrogen-bond acceptors (Lipinski definition) is 2. The molecule has 0 saturated carbocycles. The minimum Gasteiger partial charge on any atom is -0.343 e. The molecule has 1 aliphatic heterocycles. The van der Waals surface area contributed by atoms with Crippen LogP contribution in [0, 0.1) is 0 Å². The first-order valence-electron chi connectivity index (χ1n) is 7.36. The first-order valence-corrected chi connectivity index (χ1v) is 7.36. The van der Waals surface area contributed by atoms with Crippen LogP contribution in [-0.2, 0) is 16.0 Å². The van der Waals surface area contributed by atoms with Crippen molar-refractivity contribution in [3.63, 3.8) is 0 Å². The number of anilines is 1. The van der Waals surface area contributed by atoms with E-state index in [0.717, 1.165) is 30.5 Å². The zero-order valence-corrected chi connectivity index (χ0v) is 12.2. The Labute approximate surface area is 120 Å². The molecule has 1 unspecified atom stereocenters. The molecule has 108 valence electrons. The van der Waals surface area contributed by atoms with E-state index in [4.69, 9.17) is 0 Å². The van der Waals surface area contributed by atoms with Crippen LogP contribution in [0.25, 0.3) is 0 Å². The van der Waals surface area contributed by atoms with Gasteiger partial charge in [0.05, 0.1) is 0 Å². The molecule has 1 fully saturated rings. The average Bonchev–Trinajstić information content (AvgIpc) is 2.44. The molecule has 0 aliphatic carbocycles. The fourth-order valence-corrected chi connectivity index (χ4v) is 2.65. The van der Waals surface area contributed by atoms with Gasteiger partial charge in [-0.05, 0) is 24.5 Å². The minimum atomic E-state index is -0.379. The third-order valence-corrected chi connectivity index (χ3v) is 3.58. The van der Waals surface area contributed by atoms with Gasteiger partial charge >= 0.3 is 0 Å². The van der Waals surface area contributed by atoms with Gasteiger partial charge in [-0.2, -0.15) is 0 Å². The predicted molar refractivity (Wildman–Crippen MR) is 79.6 cm³/mol.